The maximum atomic E-state index is 13.3. The van der Waals surface area contributed by atoms with E-state index in [1.807, 2.05) is 17.2 Å². The molecule has 0 N–H and O–H groups in total. The number of nitrogens with zero attached hydrogens (tertiary/aromatic N) is 3. The summed E-state index contributed by atoms with van der Waals surface area (Å²) in [4.78, 5) is 21.7. The van der Waals surface area contributed by atoms with Crippen LogP contribution in [0.3, 0.4) is 0 Å². The molecule has 2 aliphatic rings. The van der Waals surface area contributed by atoms with E-state index in [1.165, 1.54) is 12.1 Å². The number of aromatic nitrogens is 1. The number of amides is 1. The van der Waals surface area contributed by atoms with Gasteiger partial charge in [0.1, 0.15) is 5.82 Å². The van der Waals surface area contributed by atoms with Crippen molar-refractivity contribution in [2.24, 2.45) is 11.8 Å². The van der Waals surface area contributed by atoms with Gasteiger partial charge in [-0.25, -0.2) is 4.39 Å². The molecule has 28 heavy (non-hydrogen) atoms. The molecule has 1 aromatic carbocycles. The van der Waals surface area contributed by atoms with Crippen LogP contribution in [0.1, 0.15) is 24.8 Å². The Morgan fingerprint density at radius 3 is 2.57 bits per heavy atom. The number of carbonyl (C=O) groups is 1. The summed E-state index contributed by atoms with van der Waals surface area (Å²) in [6, 6.07) is 10.5. The van der Waals surface area contributed by atoms with Crippen molar-refractivity contribution < 1.29 is 9.18 Å². The molecule has 4 nitrogen and oxygen atoms in total. The van der Waals surface area contributed by atoms with E-state index < -0.39 is 0 Å². The molecule has 3 heterocycles. The van der Waals surface area contributed by atoms with Crippen LogP contribution >= 0.6 is 0 Å². The van der Waals surface area contributed by atoms with Gasteiger partial charge in [0.25, 0.3) is 0 Å². The van der Waals surface area contributed by atoms with Gasteiger partial charge in [-0.3, -0.25) is 9.78 Å². The van der Waals surface area contributed by atoms with Crippen LogP contribution in [0.5, 0.6) is 0 Å². The van der Waals surface area contributed by atoms with E-state index in [-0.39, 0.29) is 17.6 Å². The van der Waals surface area contributed by atoms with Crippen LogP contribution in [0.2, 0.25) is 0 Å². The van der Waals surface area contributed by atoms with Gasteiger partial charge in [0.05, 0.1) is 11.9 Å². The molecule has 1 aromatic heterocycles. The first-order valence-corrected chi connectivity index (χ1v) is 10.0. The highest BCUT2D eigenvalue weighted by Gasteiger charge is 2.34. The van der Waals surface area contributed by atoms with Gasteiger partial charge in [-0.2, -0.15) is 0 Å². The zero-order valence-electron chi connectivity index (χ0n) is 16.0. The van der Waals surface area contributed by atoms with E-state index in [1.54, 1.807) is 18.3 Å². The van der Waals surface area contributed by atoms with Gasteiger partial charge < -0.3 is 9.80 Å². The molecular weight excluding hydrogens is 353 g/mol. The molecule has 0 spiro atoms. The topological polar surface area (TPSA) is 36.4 Å². The van der Waals surface area contributed by atoms with Crippen LogP contribution in [-0.4, -0.2) is 35.4 Å². The molecule has 5 heteroatoms. The highest BCUT2D eigenvalue weighted by atomic mass is 19.1. The number of pyridine rings is 1. The zero-order valence-corrected chi connectivity index (χ0v) is 16.0. The Morgan fingerprint density at radius 2 is 1.86 bits per heavy atom. The fraction of sp³-hybridized carbons (Fsp3) is 0.391. The molecule has 146 valence electrons. The molecule has 4 rings (SSSR count). The van der Waals surface area contributed by atoms with E-state index in [2.05, 4.69) is 28.1 Å². The first-order chi connectivity index (χ1) is 13.7. The fourth-order valence-electron chi connectivity index (χ4n) is 4.32. The van der Waals surface area contributed by atoms with Crippen LogP contribution in [0.15, 0.2) is 60.9 Å². The van der Waals surface area contributed by atoms with E-state index in [4.69, 9.17) is 0 Å². The Labute approximate surface area is 165 Å². The molecule has 0 bridgehead atoms. The molecule has 0 aliphatic carbocycles. The number of allylic oxidation sites excluding steroid dienone is 1. The van der Waals surface area contributed by atoms with Crippen molar-refractivity contribution in [1.82, 2.24) is 9.88 Å². The fourth-order valence-corrected chi connectivity index (χ4v) is 4.32. The number of carbonyl (C=O) groups excluding carboxylic acids is 1. The lowest BCUT2D eigenvalue weighted by atomic mass is 9.81. The molecule has 2 aliphatic heterocycles. The summed E-state index contributed by atoms with van der Waals surface area (Å²) in [5.74, 6) is 0.423. The van der Waals surface area contributed by atoms with Crippen LogP contribution in [0.25, 0.3) is 0 Å². The number of hydrogen-bond acceptors (Lipinski definition) is 3. The molecule has 0 radical (unpaired) electrons. The third kappa shape index (κ3) is 4.24. The van der Waals surface area contributed by atoms with Crippen molar-refractivity contribution in [1.29, 1.82) is 0 Å². The quantitative estimate of drug-likeness (QED) is 0.752. The van der Waals surface area contributed by atoms with Gasteiger partial charge in [-0.05, 0) is 55.0 Å². The maximum Gasteiger partial charge on any atom is 0.226 e. The molecule has 1 fully saturated rings. The summed E-state index contributed by atoms with van der Waals surface area (Å²) in [5, 5.41) is 0. The molecule has 0 saturated carbocycles. The van der Waals surface area contributed by atoms with Gasteiger partial charge in [-0.1, -0.05) is 24.3 Å². The van der Waals surface area contributed by atoms with Crippen LogP contribution < -0.4 is 4.90 Å². The monoisotopic (exact) mass is 379 g/mol. The number of rotatable bonds is 4. The van der Waals surface area contributed by atoms with E-state index in [0.29, 0.717) is 19.0 Å². The second-order valence-electron chi connectivity index (χ2n) is 7.69. The number of anilines is 1. The lowest BCUT2D eigenvalue weighted by Gasteiger charge is -2.37. The SMILES string of the molecule is O=C1[C@H](C2CCN(c3cccnc3)CC2)CC=CCN1Cc1ccc(F)cc1. The summed E-state index contributed by atoms with van der Waals surface area (Å²) in [6.45, 7) is 3.08. The molecular formula is C23H26FN3O. The lowest BCUT2D eigenvalue weighted by Crippen LogP contribution is -2.42. The molecule has 0 unspecified atom stereocenters. The van der Waals surface area contributed by atoms with Crippen molar-refractivity contribution in [2.45, 2.75) is 25.8 Å². The molecule has 2 aromatic rings. The highest BCUT2D eigenvalue weighted by molar-refractivity contribution is 5.80. The Bertz CT molecular complexity index is 814. The normalized spacial score (nSPS) is 21.0. The van der Waals surface area contributed by atoms with Crippen LogP contribution in [0, 0.1) is 17.7 Å². The van der Waals surface area contributed by atoms with Gasteiger partial charge in [0.15, 0.2) is 0 Å². The van der Waals surface area contributed by atoms with Gasteiger partial charge in [0.2, 0.25) is 5.91 Å². The first-order valence-electron chi connectivity index (χ1n) is 10.0. The Hall–Kier alpha value is -2.69. The highest BCUT2D eigenvalue weighted by Crippen LogP contribution is 2.32. The number of benzene rings is 1. The summed E-state index contributed by atoms with van der Waals surface area (Å²) < 4.78 is 13.2. The Morgan fingerprint density at radius 1 is 1.07 bits per heavy atom. The van der Waals surface area contributed by atoms with E-state index in [9.17, 15) is 9.18 Å². The van der Waals surface area contributed by atoms with Crippen molar-refractivity contribution in [2.75, 3.05) is 24.5 Å². The minimum absolute atomic E-state index is 0.0373. The average Bonchev–Trinajstić information content (AvgIpc) is 2.92. The van der Waals surface area contributed by atoms with Gasteiger partial charge >= 0.3 is 0 Å². The number of halogens is 1. The largest absolute Gasteiger partial charge is 0.370 e. The third-order valence-electron chi connectivity index (χ3n) is 5.92. The lowest BCUT2D eigenvalue weighted by molar-refractivity contribution is -0.137. The van der Waals surface area contributed by atoms with Crippen molar-refractivity contribution in [3.05, 3.63) is 72.3 Å². The second kappa shape index (κ2) is 8.55. The number of hydrogen-bond donors (Lipinski definition) is 0. The summed E-state index contributed by atoms with van der Waals surface area (Å²) in [5.41, 5.74) is 2.13. The minimum Gasteiger partial charge on any atom is -0.370 e. The predicted molar refractivity (Wildman–Crippen MR) is 108 cm³/mol. The van der Waals surface area contributed by atoms with Crippen molar-refractivity contribution >= 4 is 11.6 Å². The number of piperidine rings is 1. The first kappa shape index (κ1) is 18.7. The minimum atomic E-state index is -0.246. The third-order valence-corrected chi connectivity index (χ3v) is 5.92. The Kier molecular flexibility index (Phi) is 5.70. The second-order valence-corrected chi connectivity index (χ2v) is 7.69. The van der Waals surface area contributed by atoms with Gasteiger partial charge in [-0.15, -0.1) is 0 Å². The molecule has 1 atom stereocenters. The zero-order chi connectivity index (χ0) is 19.3. The van der Waals surface area contributed by atoms with E-state index in [0.717, 1.165) is 43.6 Å². The molecule has 1 saturated heterocycles. The molecule has 1 amide bonds. The summed E-state index contributed by atoms with van der Waals surface area (Å²) in [6.07, 6.45) is 10.8. The summed E-state index contributed by atoms with van der Waals surface area (Å²) in [7, 11) is 0. The Balaban J connectivity index is 1.40. The predicted octanol–water partition coefficient (Wildman–Crippen LogP) is 4.04. The van der Waals surface area contributed by atoms with Crippen LogP contribution in [-0.2, 0) is 11.3 Å². The van der Waals surface area contributed by atoms with Crippen LogP contribution in [0.4, 0.5) is 10.1 Å². The van der Waals surface area contributed by atoms with Crippen molar-refractivity contribution in [3.8, 4) is 0 Å². The average molecular weight is 379 g/mol. The standard InChI is InChI=1S/C23H26FN3O/c24-20-8-6-18(7-9-20)17-27-13-2-1-5-22(23(27)28)19-10-14-26(15-11-19)21-4-3-12-25-16-21/h1-4,6-9,12,16,19,22H,5,10-11,13-15,17H2/t22-/m0/s1. The van der Waals surface area contributed by atoms with Gasteiger partial charge in [0, 0.05) is 38.3 Å². The van der Waals surface area contributed by atoms with E-state index >= 15 is 0 Å². The summed E-state index contributed by atoms with van der Waals surface area (Å²) >= 11 is 0. The maximum absolute atomic E-state index is 13.3. The van der Waals surface area contributed by atoms with Crippen molar-refractivity contribution in [3.63, 3.8) is 0 Å². The smallest absolute Gasteiger partial charge is 0.226 e.